The molecule has 0 aromatic carbocycles. The Morgan fingerprint density at radius 2 is 0.923 bits per heavy atom. The second-order valence-corrected chi connectivity index (χ2v) is 5.38. The SMILES string of the molecule is C1CCC2(C1)CCC1(CCCC1)O2. The standard InChI is InChI=1S/C12H20O/c1-2-6-11(5-1)9-10-12(13-11)7-3-4-8-12/h1-10H2. The van der Waals surface area contributed by atoms with Gasteiger partial charge in [0.2, 0.25) is 0 Å². The van der Waals surface area contributed by atoms with E-state index in [1.165, 1.54) is 64.2 Å². The van der Waals surface area contributed by atoms with E-state index in [4.69, 9.17) is 4.74 Å². The van der Waals surface area contributed by atoms with E-state index < -0.39 is 0 Å². The van der Waals surface area contributed by atoms with Crippen LogP contribution in [0.5, 0.6) is 0 Å². The summed E-state index contributed by atoms with van der Waals surface area (Å²) in [5.41, 5.74) is 0.731. The summed E-state index contributed by atoms with van der Waals surface area (Å²) in [6.45, 7) is 0. The van der Waals surface area contributed by atoms with Crippen LogP contribution in [0.1, 0.15) is 64.2 Å². The van der Waals surface area contributed by atoms with Gasteiger partial charge in [0.25, 0.3) is 0 Å². The van der Waals surface area contributed by atoms with Crippen LogP contribution in [-0.4, -0.2) is 11.2 Å². The lowest BCUT2D eigenvalue weighted by Crippen LogP contribution is -2.31. The van der Waals surface area contributed by atoms with Gasteiger partial charge in [0.1, 0.15) is 0 Å². The lowest BCUT2D eigenvalue weighted by Gasteiger charge is -2.29. The van der Waals surface area contributed by atoms with Crippen molar-refractivity contribution < 1.29 is 4.74 Å². The van der Waals surface area contributed by atoms with E-state index in [2.05, 4.69) is 0 Å². The van der Waals surface area contributed by atoms with Crippen LogP contribution >= 0.6 is 0 Å². The van der Waals surface area contributed by atoms with Crippen molar-refractivity contribution in [1.29, 1.82) is 0 Å². The van der Waals surface area contributed by atoms with E-state index in [0.29, 0.717) is 11.2 Å². The monoisotopic (exact) mass is 180 g/mol. The summed E-state index contributed by atoms with van der Waals surface area (Å²) < 4.78 is 6.46. The first kappa shape index (κ1) is 8.28. The molecule has 0 aromatic rings. The molecule has 1 aliphatic heterocycles. The average Bonchev–Trinajstić information content (AvgIpc) is 2.81. The smallest absolute Gasteiger partial charge is 0.0691 e. The fourth-order valence-corrected chi connectivity index (χ4v) is 3.76. The normalized spacial score (nSPS) is 35.1. The minimum atomic E-state index is 0.365. The number of ether oxygens (including phenoxy) is 1. The molecule has 0 radical (unpaired) electrons. The second kappa shape index (κ2) is 2.73. The van der Waals surface area contributed by atoms with Crippen LogP contribution in [-0.2, 0) is 4.74 Å². The molecular formula is C12H20O. The zero-order valence-electron chi connectivity index (χ0n) is 8.48. The highest BCUT2D eigenvalue weighted by atomic mass is 16.5. The van der Waals surface area contributed by atoms with E-state index in [-0.39, 0.29) is 0 Å². The van der Waals surface area contributed by atoms with Gasteiger partial charge in [0.15, 0.2) is 0 Å². The summed E-state index contributed by atoms with van der Waals surface area (Å²) in [7, 11) is 0. The van der Waals surface area contributed by atoms with Gasteiger partial charge in [-0.2, -0.15) is 0 Å². The Bertz CT molecular complexity index is 175. The summed E-state index contributed by atoms with van der Waals surface area (Å²) in [5, 5.41) is 0. The Balaban J connectivity index is 1.76. The van der Waals surface area contributed by atoms with Crippen molar-refractivity contribution in [3.05, 3.63) is 0 Å². The summed E-state index contributed by atoms with van der Waals surface area (Å²) in [4.78, 5) is 0. The first-order chi connectivity index (χ1) is 6.33. The number of hydrogen-bond acceptors (Lipinski definition) is 1. The molecule has 1 nitrogen and oxygen atoms in total. The summed E-state index contributed by atoms with van der Waals surface area (Å²) in [5.74, 6) is 0. The van der Waals surface area contributed by atoms with Crippen LogP contribution < -0.4 is 0 Å². The van der Waals surface area contributed by atoms with Crippen molar-refractivity contribution in [2.24, 2.45) is 0 Å². The molecule has 1 heteroatoms. The van der Waals surface area contributed by atoms with Gasteiger partial charge in [-0.25, -0.2) is 0 Å². The van der Waals surface area contributed by atoms with Crippen LogP contribution in [0.3, 0.4) is 0 Å². The van der Waals surface area contributed by atoms with E-state index in [1.54, 1.807) is 0 Å². The predicted octanol–water partition coefficient (Wildman–Crippen LogP) is 3.42. The highest BCUT2D eigenvalue weighted by Crippen LogP contribution is 2.52. The molecule has 74 valence electrons. The third-order valence-electron chi connectivity index (χ3n) is 4.50. The van der Waals surface area contributed by atoms with Gasteiger partial charge in [0.05, 0.1) is 11.2 Å². The summed E-state index contributed by atoms with van der Waals surface area (Å²) in [6.07, 6.45) is 13.8. The molecule has 0 bridgehead atoms. The van der Waals surface area contributed by atoms with Gasteiger partial charge in [0, 0.05) is 0 Å². The Hall–Kier alpha value is -0.0400. The quantitative estimate of drug-likeness (QED) is 0.555. The fourth-order valence-electron chi connectivity index (χ4n) is 3.76. The van der Waals surface area contributed by atoms with Crippen molar-refractivity contribution in [2.45, 2.75) is 75.4 Å². The van der Waals surface area contributed by atoms with Crippen molar-refractivity contribution >= 4 is 0 Å². The lowest BCUT2D eigenvalue weighted by atomic mass is 9.94. The van der Waals surface area contributed by atoms with Crippen LogP contribution in [0, 0.1) is 0 Å². The molecule has 2 saturated carbocycles. The molecule has 1 heterocycles. The molecular weight excluding hydrogens is 160 g/mol. The van der Waals surface area contributed by atoms with Gasteiger partial charge in [-0.3, -0.25) is 0 Å². The minimum absolute atomic E-state index is 0.365. The first-order valence-corrected chi connectivity index (χ1v) is 6.03. The molecule has 0 atom stereocenters. The van der Waals surface area contributed by atoms with E-state index in [0.717, 1.165) is 0 Å². The largest absolute Gasteiger partial charge is 0.369 e. The van der Waals surface area contributed by atoms with Crippen molar-refractivity contribution in [1.82, 2.24) is 0 Å². The van der Waals surface area contributed by atoms with Crippen LogP contribution in [0.15, 0.2) is 0 Å². The molecule has 2 aliphatic carbocycles. The Morgan fingerprint density at radius 3 is 1.31 bits per heavy atom. The van der Waals surface area contributed by atoms with Crippen molar-refractivity contribution in [3.63, 3.8) is 0 Å². The maximum absolute atomic E-state index is 6.46. The predicted molar refractivity (Wildman–Crippen MR) is 52.7 cm³/mol. The molecule has 13 heavy (non-hydrogen) atoms. The Labute approximate surface area is 80.8 Å². The molecule has 2 spiro atoms. The second-order valence-electron chi connectivity index (χ2n) is 5.38. The summed E-state index contributed by atoms with van der Waals surface area (Å²) >= 11 is 0. The van der Waals surface area contributed by atoms with E-state index in [9.17, 15) is 0 Å². The molecule has 1 saturated heterocycles. The van der Waals surface area contributed by atoms with Crippen molar-refractivity contribution in [3.8, 4) is 0 Å². The molecule has 3 aliphatic rings. The van der Waals surface area contributed by atoms with Crippen molar-refractivity contribution in [2.75, 3.05) is 0 Å². The van der Waals surface area contributed by atoms with Gasteiger partial charge in [-0.15, -0.1) is 0 Å². The maximum atomic E-state index is 6.46. The third-order valence-corrected chi connectivity index (χ3v) is 4.50. The molecule has 0 aromatic heterocycles. The van der Waals surface area contributed by atoms with E-state index >= 15 is 0 Å². The Kier molecular flexibility index (Phi) is 1.74. The maximum Gasteiger partial charge on any atom is 0.0691 e. The van der Waals surface area contributed by atoms with Gasteiger partial charge >= 0.3 is 0 Å². The topological polar surface area (TPSA) is 9.23 Å². The Morgan fingerprint density at radius 1 is 0.538 bits per heavy atom. The summed E-state index contributed by atoms with van der Waals surface area (Å²) in [6, 6.07) is 0. The average molecular weight is 180 g/mol. The lowest BCUT2D eigenvalue weighted by molar-refractivity contribution is -0.0967. The highest BCUT2D eigenvalue weighted by molar-refractivity contribution is 5.01. The molecule has 0 amide bonds. The zero-order valence-corrected chi connectivity index (χ0v) is 8.48. The minimum Gasteiger partial charge on any atom is -0.369 e. The number of hydrogen-bond donors (Lipinski definition) is 0. The molecule has 0 unspecified atom stereocenters. The number of rotatable bonds is 0. The first-order valence-electron chi connectivity index (χ1n) is 6.03. The molecule has 0 N–H and O–H groups in total. The van der Waals surface area contributed by atoms with E-state index in [1.807, 2.05) is 0 Å². The van der Waals surface area contributed by atoms with Gasteiger partial charge < -0.3 is 4.74 Å². The van der Waals surface area contributed by atoms with Crippen LogP contribution in [0.25, 0.3) is 0 Å². The molecule has 3 fully saturated rings. The highest BCUT2D eigenvalue weighted by Gasteiger charge is 2.50. The van der Waals surface area contributed by atoms with Gasteiger partial charge in [-0.1, -0.05) is 25.7 Å². The van der Waals surface area contributed by atoms with Gasteiger partial charge in [-0.05, 0) is 38.5 Å². The zero-order chi connectivity index (χ0) is 8.78. The third kappa shape index (κ3) is 1.24. The fraction of sp³-hybridized carbons (Fsp3) is 1.00. The van der Waals surface area contributed by atoms with Crippen LogP contribution in [0.2, 0.25) is 0 Å². The molecule has 3 rings (SSSR count). The van der Waals surface area contributed by atoms with Crippen LogP contribution in [0.4, 0.5) is 0 Å².